The molecule has 172 valence electrons. The van der Waals surface area contributed by atoms with Crippen molar-refractivity contribution in [3.05, 3.63) is 0 Å². The number of alkyl halides is 2. The average molecular weight is 447 g/mol. The third-order valence-electron chi connectivity index (χ3n) is 6.16. The topological polar surface area (TPSA) is 130 Å². The summed E-state index contributed by atoms with van der Waals surface area (Å²) in [7, 11) is -5.75. The molecular weight excluding hydrogens is 414 g/mol. The van der Waals surface area contributed by atoms with E-state index in [2.05, 4.69) is 4.74 Å². The molecule has 0 aromatic heterocycles. The maximum atomic E-state index is 13.5. The minimum absolute atomic E-state index is 0.399. The van der Waals surface area contributed by atoms with Crippen molar-refractivity contribution in [2.24, 2.45) is 11.8 Å². The summed E-state index contributed by atoms with van der Waals surface area (Å²) in [5.41, 5.74) is -2.24. The predicted octanol–water partition coefficient (Wildman–Crippen LogP) is 2.13. The molecule has 29 heavy (non-hydrogen) atoms. The van der Waals surface area contributed by atoms with Gasteiger partial charge in [0.1, 0.15) is 6.61 Å². The minimum atomic E-state index is -5.75. The number of hydrogen-bond donors (Lipinski definition) is 3. The van der Waals surface area contributed by atoms with Gasteiger partial charge in [-0.3, -0.25) is 4.55 Å². The van der Waals surface area contributed by atoms with Crippen molar-refractivity contribution < 1.29 is 46.2 Å². The summed E-state index contributed by atoms with van der Waals surface area (Å²) in [4.78, 5) is 11.9. The van der Waals surface area contributed by atoms with Gasteiger partial charge in [0, 0.05) is 11.8 Å². The fourth-order valence-electron chi connectivity index (χ4n) is 3.89. The number of carbonyl (C=O) groups excluding carboxylic acids is 1. The van der Waals surface area contributed by atoms with E-state index in [-0.39, 0.29) is 0 Å². The summed E-state index contributed by atoms with van der Waals surface area (Å²) in [5.74, 6) is -2.16. The number of ether oxygens (including phenoxy) is 2. The molecule has 1 aliphatic carbocycles. The number of carbonyl (C=O) groups is 1. The Hall–Kier alpha value is -0.880. The van der Waals surface area contributed by atoms with E-state index >= 15 is 0 Å². The molecule has 1 saturated carbocycles. The second kappa shape index (κ2) is 9.09. The van der Waals surface area contributed by atoms with Crippen molar-refractivity contribution in [3.8, 4) is 0 Å². The fraction of sp³-hybridized carbons (Fsp3) is 0.944. The van der Waals surface area contributed by atoms with E-state index in [4.69, 9.17) is 9.29 Å². The maximum absolute atomic E-state index is 13.5. The van der Waals surface area contributed by atoms with Crippen LogP contribution in [0.4, 0.5) is 8.78 Å². The van der Waals surface area contributed by atoms with E-state index in [0.29, 0.717) is 32.6 Å². The van der Waals surface area contributed by atoms with Crippen molar-refractivity contribution in [2.75, 3.05) is 6.61 Å². The maximum Gasteiger partial charge on any atom is 0.405 e. The van der Waals surface area contributed by atoms with Gasteiger partial charge in [0.15, 0.2) is 6.10 Å². The van der Waals surface area contributed by atoms with Crippen LogP contribution in [-0.2, 0) is 24.4 Å². The summed E-state index contributed by atoms with van der Waals surface area (Å²) in [6.45, 7) is 7.03. The Morgan fingerprint density at radius 3 is 1.69 bits per heavy atom. The summed E-state index contributed by atoms with van der Waals surface area (Å²) in [6.07, 6.45) is -1.51. The third-order valence-corrected chi connectivity index (χ3v) is 7.18. The van der Waals surface area contributed by atoms with Gasteiger partial charge in [-0.2, -0.15) is 17.2 Å². The summed E-state index contributed by atoms with van der Waals surface area (Å²) >= 11 is 0. The fourth-order valence-corrected chi connectivity index (χ4v) is 4.35. The van der Waals surface area contributed by atoms with Gasteiger partial charge in [0.2, 0.25) is 0 Å². The lowest BCUT2D eigenvalue weighted by Crippen LogP contribution is -2.42. The van der Waals surface area contributed by atoms with E-state index in [1.165, 1.54) is 0 Å². The Balaban J connectivity index is 2.86. The number of aliphatic hydroxyl groups is 2. The van der Waals surface area contributed by atoms with Crippen molar-refractivity contribution in [2.45, 2.75) is 89.0 Å². The average Bonchev–Trinajstić information content (AvgIpc) is 3.39. The van der Waals surface area contributed by atoms with Crippen molar-refractivity contribution >= 4 is 16.1 Å². The van der Waals surface area contributed by atoms with Crippen LogP contribution in [0, 0.1) is 11.8 Å². The monoisotopic (exact) mass is 446 g/mol. The zero-order valence-corrected chi connectivity index (χ0v) is 18.2. The Labute approximate surface area is 170 Å². The summed E-state index contributed by atoms with van der Waals surface area (Å²) < 4.78 is 66.9. The molecule has 0 bridgehead atoms. The molecule has 0 spiro atoms. The summed E-state index contributed by atoms with van der Waals surface area (Å²) in [5, 5.41) is 17.1. The van der Waals surface area contributed by atoms with Gasteiger partial charge in [-0.15, -0.1) is 0 Å². The van der Waals surface area contributed by atoms with Gasteiger partial charge in [0.05, 0.1) is 17.3 Å². The van der Waals surface area contributed by atoms with Crippen molar-refractivity contribution in [1.29, 1.82) is 0 Å². The number of halogens is 2. The van der Waals surface area contributed by atoms with Crippen LogP contribution in [-0.4, -0.2) is 64.4 Å². The second-order valence-electron chi connectivity index (χ2n) is 7.62. The van der Waals surface area contributed by atoms with Crippen LogP contribution >= 0.6 is 0 Å². The molecule has 1 aliphatic rings. The number of hydrogen-bond acceptors (Lipinski definition) is 7. The minimum Gasteiger partial charge on any atom is -0.453 e. The highest BCUT2D eigenvalue weighted by Crippen LogP contribution is 2.57. The van der Waals surface area contributed by atoms with E-state index < -0.39 is 63.2 Å². The van der Waals surface area contributed by atoms with Crippen molar-refractivity contribution in [3.63, 3.8) is 0 Å². The number of esters is 1. The van der Waals surface area contributed by atoms with Crippen LogP contribution in [0.1, 0.15) is 60.3 Å². The lowest BCUT2D eigenvalue weighted by molar-refractivity contribution is -0.166. The molecule has 0 aliphatic heterocycles. The zero-order chi connectivity index (χ0) is 22.8. The Bertz CT molecular complexity index is 649. The van der Waals surface area contributed by atoms with Crippen LogP contribution in [0.2, 0.25) is 0 Å². The predicted molar refractivity (Wildman–Crippen MR) is 99.8 cm³/mol. The molecule has 8 nitrogen and oxygen atoms in total. The van der Waals surface area contributed by atoms with Gasteiger partial charge in [0.25, 0.3) is 0 Å². The molecule has 0 heterocycles. The van der Waals surface area contributed by atoms with Crippen LogP contribution in [0.25, 0.3) is 0 Å². The highest BCUT2D eigenvalue weighted by molar-refractivity contribution is 7.86. The molecule has 3 unspecified atom stereocenters. The van der Waals surface area contributed by atoms with E-state index in [0.717, 1.165) is 0 Å². The molecule has 0 amide bonds. The van der Waals surface area contributed by atoms with E-state index in [9.17, 15) is 32.2 Å². The Morgan fingerprint density at radius 1 is 1.00 bits per heavy atom. The quantitative estimate of drug-likeness (QED) is 0.307. The SMILES string of the molecule is CCC(O)(CC)C1C(OCC(=O)OC(C)C(F)(F)S(=O)(=O)O)C1C(O)(CC)CC. The van der Waals surface area contributed by atoms with Gasteiger partial charge >= 0.3 is 21.3 Å². The van der Waals surface area contributed by atoms with Crippen LogP contribution < -0.4 is 0 Å². The standard InChI is InChI=1S/C18H32F2O8S/c1-6-16(22,7-2)13-14(17(23,8-3)9-4)15(13)27-10-12(21)28-11(5)18(19,20)29(24,25)26/h11,13-15,22-23H,6-10H2,1-5H3,(H,24,25,26). The lowest BCUT2D eigenvalue weighted by Gasteiger charge is -2.30. The second-order valence-corrected chi connectivity index (χ2v) is 9.11. The van der Waals surface area contributed by atoms with Crippen molar-refractivity contribution in [1.82, 2.24) is 0 Å². The van der Waals surface area contributed by atoms with Crippen LogP contribution in [0.5, 0.6) is 0 Å². The van der Waals surface area contributed by atoms with Gasteiger partial charge < -0.3 is 19.7 Å². The Morgan fingerprint density at radius 2 is 1.38 bits per heavy atom. The molecule has 0 aromatic carbocycles. The summed E-state index contributed by atoms with van der Waals surface area (Å²) in [6, 6.07) is 0. The van der Waals surface area contributed by atoms with Gasteiger partial charge in [-0.1, -0.05) is 27.7 Å². The molecular formula is C18H32F2O8S. The third kappa shape index (κ3) is 5.25. The number of rotatable bonds is 12. The van der Waals surface area contributed by atoms with Crippen LogP contribution in [0.15, 0.2) is 0 Å². The molecule has 0 radical (unpaired) electrons. The largest absolute Gasteiger partial charge is 0.453 e. The molecule has 3 atom stereocenters. The molecule has 0 saturated heterocycles. The van der Waals surface area contributed by atoms with Gasteiger partial charge in [-0.05, 0) is 32.6 Å². The first-order chi connectivity index (χ1) is 13.1. The highest BCUT2D eigenvalue weighted by Gasteiger charge is 2.66. The smallest absolute Gasteiger partial charge is 0.405 e. The first-order valence-electron chi connectivity index (χ1n) is 9.75. The normalized spacial score (nSPS) is 24.3. The van der Waals surface area contributed by atoms with E-state index in [1.807, 2.05) is 0 Å². The molecule has 1 fully saturated rings. The zero-order valence-electron chi connectivity index (χ0n) is 17.4. The molecule has 1 rings (SSSR count). The lowest BCUT2D eigenvalue weighted by atomic mass is 9.84. The molecule has 11 heteroatoms. The van der Waals surface area contributed by atoms with Gasteiger partial charge in [-0.25, -0.2) is 4.79 Å². The Kier molecular flexibility index (Phi) is 8.20. The highest BCUT2D eigenvalue weighted by atomic mass is 32.2. The van der Waals surface area contributed by atoms with Crippen LogP contribution in [0.3, 0.4) is 0 Å². The molecule has 0 aromatic rings. The molecule has 3 N–H and O–H groups in total. The first kappa shape index (κ1) is 26.2. The van der Waals surface area contributed by atoms with E-state index in [1.54, 1.807) is 27.7 Å². The first-order valence-corrected chi connectivity index (χ1v) is 11.2.